The van der Waals surface area contributed by atoms with Crippen LogP contribution in [-0.2, 0) is 9.53 Å². The van der Waals surface area contributed by atoms with Crippen molar-refractivity contribution in [1.82, 2.24) is 4.98 Å². The van der Waals surface area contributed by atoms with Gasteiger partial charge in [0.25, 0.3) is 0 Å². The van der Waals surface area contributed by atoms with E-state index >= 15 is 0 Å². The topological polar surface area (TPSA) is 51.2 Å². The van der Waals surface area contributed by atoms with Crippen LogP contribution in [0.5, 0.6) is 0 Å². The molecule has 0 radical (unpaired) electrons. The van der Waals surface area contributed by atoms with Gasteiger partial charge in [-0.15, -0.1) is 0 Å². The Bertz CT molecular complexity index is 340. The van der Waals surface area contributed by atoms with Crippen molar-refractivity contribution in [2.75, 3.05) is 12.4 Å². The lowest BCUT2D eigenvalue weighted by Crippen LogP contribution is -2.15. The molecule has 1 rings (SSSR count). The molecular weight excluding hydrogens is 272 g/mol. The first-order valence-electron chi connectivity index (χ1n) is 5.06. The molecule has 0 saturated heterocycles. The first-order chi connectivity index (χ1) is 7.61. The normalized spacial score (nSPS) is 12.2. The molecule has 5 heteroatoms. The Kier molecular flexibility index (Phi) is 5.42. The van der Waals surface area contributed by atoms with Crippen LogP contribution in [0.25, 0.3) is 0 Å². The molecule has 4 nitrogen and oxygen atoms in total. The zero-order valence-corrected chi connectivity index (χ0v) is 11.0. The molecular formula is C11H15BrN2O2. The number of rotatable bonds is 5. The number of ether oxygens (including phenoxy) is 1. The maximum Gasteiger partial charge on any atom is 0.224 e. The summed E-state index contributed by atoms with van der Waals surface area (Å²) < 4.78 is 5.82. The molecule has 1 heterocycles. The van der Waals surface area contributed by atoms with Crippen molar-refractivity contribution in [1.29, 1.82) is 0 Å². The van der Waals surface area contributed by atoms with Gasteiger partial charge in [-0.1, -0.05) is 0 Å². The van der Waals surface area contributed by atoms with Gasteiger partial charge in [0, 0.05) is 13.5 Å². The Morgan fingerprint density at radius 2 is 2.38 bits per heavy atom. The van der Waals surface area contributed by atoms with Crippen LogP contribution < -0.4 is 5.32 Å². The van der Waals surface area contributed by atoms with E-state index in [4.69, 9.17) is 4.74 Å². The van der Waals surface area contributed by atoms with Crippen molar-refractivity contribution in [2.45, 2.75) is 25.9 Å². The van der Waals surface area contributed by atoms with Crippen molar-refractivity contribution in [3.05, 3.63) is 22.9 Å². The van der Waals surface area contributed by atoms with Gasteiger partial charge < -0.3 is 10.1 Å². The van der Waals surface area contributed by atoms with Crippen LogP contribution in [0.4, 0.5) is 5.69 Å². The van der Waals surface area contributed by atoms with Gasteiger partial charge in [-0.2, -0.15) is 0 Å². The summed E-state index contributed by atoms with van der Waals surface area (Å²) in [6.07, 6.45) is 2.88. The minimum absolute atomic E-state index is 0.0203. The van der Waals surface area contributed by atoms with Crippen LogP contribution >= 0.6 is 15.9 Å². The Balaban J connectivity index is 2.37. The number of hydrogen-bond acceptors (Lipinski definition) is 3. The number of aromatic nitrogens is 1. The molecule has 0 aliphatic carbocycles. The van der Waals surface area contributed by atoms with E-state index in [0.29, 0.717) is 18.5 Å². The molecule has 0 aliphatic rings. The monoisotopic (exact) mass is 286 g/mol. The second-order valence-corrected chi connectivity index (χ2v) is 4.32. The van der Waals surface area contributed by atoms with Crippen LogP contribution in [0.1, 0.15) is 19.8 Å². The van der Waals surface area contributed by atoms with Crippen LogP contribution in [0, 0.1) is 0 Å². The van der Waals surface area contributed by atoms with Gasteiger partial charge in [-0.25, -0.2) is 4.98 Å². The van der Waals surface area contributed by atoms with E-state index in [2.05, 4.69) is 26.2 Å². The Morgan fingerprint density at radius 1 is 1.62 bits per heavy atom. The summed E-state index contributed by atoms with van der Waals surface area (Å²) in [5, 5.41) is 2.77. The highest BCUT2D eigenvalue weighted by Gasteiger charge is 2.06. The lowest BCUT2D eigenvalue weighted by Gasteiger charge is -2.09. The average Bonchev–Trinajstić information content (AvgIpc) is 2.29. The van der Waals surface area contributed by atoms with Gasteiger partial charge in [0.15, 0.2) is 0 Å². The lowest BCUT2D eigenvalue weighted by atomic mass is 10.2. The summed E-state index contributed by atoms with van der Waals surface area (Å²) in [4.78, 5) is 15.5. The molecule has 1 aromatic heterocycles. The second-order valence-electron chi connectivity index (χ2n) is 3.50. The molecule has 1 N–H and O–H groups in total. The van der Waals surface area contributed by atoms with E-state index in [-0.39, 0.29) is 12.0 Å². The van der Waals surface area contributed by atoms with Crippen LogP contribution in [-0.4, -0.2) is 24.1 Å². The zero-order valence-electron chi connectivity index (χ0n) is 9.37. The minimum Gasteiger partial charge on any atom is -0.382 e. The number of methoxy groups -OCH3 is 1. The predicted molar refractivity (Wildman–Crippen MR) is 66.3 cm³/mol. The third-order valence-corrected chi connectivity index (χ3v) is 2.66. The fourth-order valence-corrected chi connectivity index (χ4v) is 1.36. The Hall–Kier alpha value is -0.940. The van der Waals surface area contributed by atoms with Gasteiger partial charge in [0.2, 0.25) is 5.91 Å². The van der Waals surface area contributed by atoms with Gasteiger partial charge in [0.05, 0.1) is 18.0 Å². The number of nitrogens with one attached hydrogen (secondary N) is 1. The van der Waals surface area contributed by atoms with Crippen molar-refractivity contribution in [3.8, 4) is 0 Å². The number of amides is 1. The number of halogens is 1. The maximum absolute atomic E-state index is 11.5. The average molecular weight is 287 g/mol. The van der Waals surface area contributed by atoms with Gasteiger partial charge in [-0.05, 0) is 41.4 Å². The number of pyridine rings is 1. The summed E-state index contributed by atoms with van der Waals surface area (Å²) in [6, 6.07) is 3.59. The van der Waals surface area contributed by atoms with Gasteiger partial charge in [0.1, 0.15) is 4.60 Å². The molecule has 16 heavy (non-hydrogen) atoms. The van der Waals surface area contributed by atoms with E-state index in [1.54, 1.807) is 25.4 Å². The zero-order chi connectivity index (χ0) is 12.0. The molecule has 0 spiro atoms. The first kappa shape index (κ1) is 13.1. The molecule has 0 fully saturated rings. The summed E-state index contributed by atoms with van der Waals surface area (Å²) >= 11 is 3.23. The second kappa shape index (κ2) is 6.60. The smallest absolute Gasteiger partial charge is 0.224 e. The number of anilines is 1. The van der Waals surface area contributed by atoms with Crippen molar-refractivity contribution in [3.63, 3.8) is 0 Å². The van der Waals surface area contributed by atoms with E-state index in [1.807, 2.05) is 6.92 Å². The fourth-order valence-electron chi connectivity index (χ4n) is 1.13. The lowest BCUT2D eigenvalue weighted by molar-refractivity contribution is -0.116. The number of nitrogens with zero attached hydrogens (tertiary/aromatic N) is 1. The molecule has 1 atom stereocenters. The maximum atomic E-state index is 11.5. The van der Waals surface area contributed by atoms with Gasteiger partial charge >= 0.3 is 0 Å². The minimum atomic E-state index is -0.0203. The third-order valence-electron chi connectivity index (χ3n) is 2.19. The molecule has 0 bridgehead atoms. The summed E-state index contributed by atoms with van der Waals surface area (Å²) in [7, 11) is 1.64. The molecule has 1 amide bonds. The largest absolute Gasteiger partial charge is 0.382 e. The standard InChI is InChI=1S/C11H15BrN2O2/c1-8(16-2)3-6-11(15)14-9-4-5-10(12)13-7-9/h4-5,7-8H,3,6H2,1-2H3,(H,14,15). The quantitative estimate of drug-likeness (QED) is 0.847. The number of hydrogen-bond donors (Lipinski definition) is 1. The van der Waals surface area contributed by atoms with E-state index in [9.17, 15) is 4.79 Å². The Morgan fingerprint density at radius 3 is 2.94 bits per heavy atom. The van der Waals surface area contributed by atoms with Crippen molar-refractivity contribution in [2.24, 2.45) is 0 Å². The summed E-state index contributed by atoms with van der Waals surface area (Å²) in [5.41, 5.74) is 0.707. The Labute approximate surface area is 104 Å². The summed E-state index contributed by atoms with van der Waals surface area (Å²) in [6.45, 7) is 1.94. The summed E-state index contributed by atoms with van der Waals surface area (Å²) in [5.74, 6) is -0.0203. The highest BCUT2D eigenvalue weighted by molar-refractivity contribution is 9.10. The van der Waals surface area contributed by atoms with E-state index in [1.165, 1.54) is 0 Å². The van der Waals surface area contributed by atoms with Crippen LogP contribution in [0.15, 0.2) is 22.9 Å². The molecule has 1 unspecified atom stereocenters. The molecule has 1 aromatic rings. The molecule has 0 aromatic carbocycles. The molecule has 88 valence electrons. The molecule has 0 saturated carbocycles. The molecule has 0 aliphatic heterocycles. The van der Waals surface area contributed by atoms with Gasteiger partial charge in [-0.3, -0.25) is 4.79 Å². The van der Waals surface area contributed by atoms with Crippen molar-refractivity contribution >= 4 is 27.5 Å². The number of carbonyl (C=O) groups excluding carboxylic acids is 1. The van der Waals surface area contributed by atoms with Crippen LogP contribution in [0.3, 0.4) is 0 Å². The highest BCUT2D eigenvalue weighted by atomic mass is 79.9. The van der Waals surface area contributed by atoms with E-state index in [0.717, 1.165) is 4.60 Å². The fraction of sp³-hybridized carbons (Fsp3) is 0.455. The number of carbonyl (C=O) groups is 1. The predicted octanol–water partition coefficient (Wildman–Crippen LogP) is 2.60. The van der Waals surface area contributed by atoms with Crippen LogP contribution in [0.2, 0.25) is 0 Å². The highest BCUT2D eigenvalue weighted by Crippen LogP contribution is 2.11. The third kappa shape index (κ3) is 4.72. The SMILES string of the molecule is COC(C)CCC(=O)Nc1ccc(Br)nc1. The first-order valence-corrected chi connectivity index (χ1v) is 5.85. The van der Waals surface area contributed by atoms with Crippen molar-refractivity contribution < 1.29 is 9.53 Å². The van der Waals surface area contributed by atoms with E-state index < -0.39 is 0 Å².